The third kappa shape index (κ3) is 5.38. The molecule has 0 aromatic rings. The molecule has 1 aliphatic carbocycles. The molecule has 1 aliphatic rings. The van der Waals surface area contributed by atoms with Gasteiger partial charge in [-0.25, -0.2) is 4.79 Å². The van der Waals surface area contributed by atoms with Crippen molar-refractivity contribution < 1.29 is 14.6 Å². The van der Waals surface area contributed by atoms with E-state index in [1.54, 1.807) is 0 Å². The summed E-state index contributed by atoms with van der Waals surface area (Å²) in [6, 6.07) is 0. The molecule has 1 rings (SSSR count). The second kappa shape index (κ2) is 8.52. The Balaban J connectivity index is 2.05. The summed E-state index contributed by atoms with van der Waals surface area (Å²) in [5.41, 5.74) is -1.18. The Morgan fingerprint density at radius 2 is 1.67 bits per heavy atom. The number of hydrogen-bond donors (Lipinski definition) is 1. The van der Waals surface area contributed by atoms with Crippen LogP contribution in [0.4, 0.5) is 0 Å². The van der Waals surface area contributed by atoms with Crippen LogP contribution in [0, 0.1) is 0 Å². The molecule has 0 aromatic carbocycles. The first-order valence-corrected chi connectivity index (χ1v) is 7.58. The molecule has 0 amide bonds. The number of unbranched alkanes of at least 4 members (excludes halogenated alkanes) is 5. The van der Waals surface area contributed by atoms with Crippen molar-refractivity contribution in [2.45, 2.75) is 83.2 Å². The molecule has 0 atom stereocenters. The van der Waals surface area contributed by atoms with Gasteiger partial charge in [-0.3, -0.25) is 0 Å². The van der Waals surface area contributed by atoms with Crippen LogP contribution in [0.3, 0.4) is 0 Å². The smallest absolute Gasteiger partial charge is 0.338 e. The third-order valence-electron chi connectivity index (χ3n) is 3.79. The quantitative estimate of drug-likeness (QED) is 0.533. The minimum Gasteiger partial charge on any atom is -0.464 e. The molecular formula is C15H28O3. The van der Waals surface area contributed by atoms with Crippen LogP contribution in [0.5, 0.6) is 0 Å². The van der Waals surface area contributed by atoms with Gasteiger partial charge in [-0.05, 0) is 32.1 Å². The van der Waals surface area contributed by atoms with Gasteiger partial charge in [0, 0.05) is 0 Å². The zero-order valence-corrected chi connectivity index (χ0v) is 11.7. The third-order valence-corrected chi connectivity index (χ3v) is 3.79. The second-order valence-corrected chi connectivity index (χ2v) is 5.50. The molecular weight excluding hydrogens is 228 g/mol. The molecule has 0 bridgehead atoms. The van der Waals surface area contributed by atoms with Gasteiger partial charge in [0.05, 0.1) is 6.61 Å². The molecule has 0 aromatic heterocycles. The molecule has 0 unspecified atom stereocenters. The topological polar surface area (TPSA) is 46.5 Å². The first-order valence-electron chi connectivity index (χ1n) is 7.58. The molecule has 106 valence electrons. The van der Waals surface area contributed by atoms with E-state index >= 15 is 0 Å². The van der Waals surface area contributed by atoms with Crippen LogP contribution in [0.15, 0.2) is 0 Å². The van der Waals surface area contributed by atoms with Crippen molar-refractivity contribution >= 4 is 5.97 Å². The van der Waals surface area contributed by atoms with Crippen molar-refractivity contribution in [1.82, 2.24) is 0 Å². The number of carbonyl (C=O) groups excluding carboxylic acids is 1. The zero-order chi connectivity index (χ0) is 13.3. The van der Waals surface area contributed by atoms with Crippen LogP contribution in [0.1, 0.15) is 77.6 Å². The average molecular weight is 256 g/mol. The lowest BCUT2D eigenvalue weighted by Crippen LogP contribution is -2.41. The first-order chi connectivity index (χ1) is 8.69. The van der Waals surface area contributed by atoms with E-state index in [0.29, 0.717) is 19.4 Å². The van der Waals surface area contributed by atoms with Gasteiger partial charge in [-0.2, -0.15) is 0 Å². The van der Waals surface area contributed by atoms with Gasteiger partial charge in [0.25, 0.3) is 0 Å². The largest absolute Gasteiger partial charge is 0.464 e. The van der Waals surface area contributed by atoms with E-state index in [4.69, 9.17) is 4.74 Å². The summed E-state index contributed by atoms with van der Waals surface area (Å²) >= 11 is 0. The number of rotatable bonds is 8. The van der Waals surface area contributed by atoms with Crippen molar-refractivity contribution in [3.63, 3.8) is 0 Å². The van der Waals surface area contributed by atoms with Crippen LogP contribution in [-0.2, 0) is 9.53 Å². The lowest BCUT2D eigenvalue weighted by molar-refractivity contribution is -0.169. The molecule has 0 spiro atoms. The highest BCUT2D eigenvalue weighted by Gasteiger charge is 2.38. The molecule has 0 radical (unpaired) electrons. The summed E-state index contributed by atoms with van der Waals surface area (Å²) < 4.78 is 5.20. The monoisotopic (exact) mass is 256 g/mol. The van der Waals surface area contributed by atoms with Crippen molar-refractivity contribution in [3.8, 4) is 0 Å². The van der Waals surface area contributed by atoms with Gasteiger partial charge in [-0.1, -0.05) is 45.4 Å². The molecule has 18 heavy (non-hydrogen) atoms. The number of ether oxygens (including phenoxy) is 1. The highest BCUT2D eigenvalue weighted by atomic mass is 16.5. The SMILES string of the molecule is CCCCCCCCOC(=O)C1(O)CCCCC1. The van der Waals surface area contributed by atoms with Crippen LogP contribution in [0.2, 0.25) is 0 Å². The van der Waals surface area contributed by atoms with E-state index in [0.717, 1.165) is 32.1 Å². The van der Waals surface area contributed by atoms with Gasteiger partial charge < -0.3 is 9.84 Å². The van der Waals surface area contributed by atoms with E-state index < -0.39 is 11.6 Å². The molecule has 0 aliphatic heterocycles. The maximum Gasteiger partial charge on any atom is 0.338 e. The van der Waals surface area contributed by atoms with Gasteiger partial charge in [0.1, 0.15) is 0 Å². The summed E-state index contributed by atoms with van der Waals surface area (Å²) in [5, 5.41) is 10.1. The highest BCUT2D eigenvalue weighted by Crippen LogP contribution is 2.29. The van der Waals surface area contributed by atoms with Crippen LogP contribution in [-0.4, -0.2) is 23.3 Å². The molecule has 1 N–H and O–H groups in total. The van der Waals surface area contributed by atoms with Gasteiger partial charge >= 0.3 is 5.97 Å². The molecule has 1 fully saturated rings. The highest BCUT2D eigenvalue weighted by molar-refractivity contribution is 5.79. The van der Waals surface area contributed by atoms with Gasteiger partial charge in [0.2, 0.25) is 0 Å². The van der Waals surface area contributed by atoms with Crippen LogP contribution >= 0.6 is 0 Å². The van der Waals surface area contributed by atoms with E-state index in [1.807, 2.05) is 0 Å². The fourth-order valence-corrected chi connectivity index (χ4v) is 2.52. The Kier molecular flexibility index (Phi) is 7.33. The lowest BCUT2D eigenvalue weighted by atomic mass is 9.85. The molecule has 0 saturated heterocycles. The minimum absolute atomic E-state index is 0.393. The summed E-state index contributed by atoms with van der Waals surface area (Å²) in [4.78, 5) is 11.8. The maximum absolute atomic E-state index is 11.8. The zero-order valence-electron chi connectivity index (χ0n) is 11.7. The first kappa shape index (κ1) is 15.5. The average Bonchev–Trinajstić information content (AvgIpc) is 2.38. The summed E-state index contributed by atoms with van der Waals surface area (Å²) in [5.74, 6) is -0.393. The molecule has 1 saturated carbocycles. The number of hydrogen-bond acceptors (Lipinski definition) is 3. The standard InChI is InChI=1S/C15H28O3/c1-2-3-4-5-6-10-13-18-14(16)15(17)11-8-7-9-12-15/h17H,2-13H2,1H3. The normalized spacial score (nSPS) is 18.6. The van der Waals surface area contributed by atoms with E-state index in [2.05, 4.69) is 6.92 Å². The van der Waals surface area contributed by atoms with Crippen molar-refractivity contribution in [3.05, 3.63) is 0 Å². The number of carbonyl (C=O) groups is 1. The number of esters is 1. The van der Waals surface area contributed by atoms with Crippen molar-refractivity contribution in [2.75, 3.05) is 6.61 Å². The van der Waals surface area contributed by atoms with Crippen molar-refractivity contribution in [1.29, 1.82) is 0 Å². The van der Waals surface area contributed by atoms with E-state index in [-0.39, 0.29) is 0 Å². The van der Waals surface area contributed by atoms with Crippen molar-refractivity contribution in [2.24, 2.45) is 0 Å². The Hall–Kier alpha value is -0.570. The fraction of sp³-hybridized carbons (Fsp3) is 0.933. The minimum atomic E-state index is -1.18. The summed E-state index contributed by atoms with van der Waals surface area (Å²) in [7, 11) is 0. The van der Waals surface area contributed by atoms with E-state index in [9.17, 15) is 9.90 Å². The Labute approximate surface area is 111 Å². The summed E-state index contributed by atoms with van der Waals surface area (Å²) in [6.45, 7) is 2.67. The van der Waals surface area contributed by atoms with Crippen LogP contribution < -0.4 is 0 Å². The van der Waals surface area contributed by atoms with Gasteiger partial charge in [0.15, 0.2) is 5.60 Å². The van der Waals surface area contributed by atoms with Crippen LogP contribution in [0.25, 0.3) is 0 Å². The Morgan fingerprint density at radius 1 is 1.06 bits per heavy atom. The predicted octanol–water partition coefficient (Wildman–Crippen LogP) is 3.59. The number of aliphatic hydroxyl groups is 1. The summed E-state index contributed by atoms with van der Waals surface area (Å²) in [6.07, 6.45) is 11.2. The Morgan fingerprint density at radius 3 is 2.33 bits per heavy atom. The van der Waals surface area contributed by atoms with E-state index in [1.165, 1.54) is 25.7 Å². The fourth-order valence-electron chi connectivity index (χ4n) is 2.52. The molecule has 3 nitrogen and oxygen atoms in total. The predicted molar refractivity (Wildman–Crippen MR) is 72.4 cm³/mol. The lowest BCUT2D eigenvalue weighted by Gasteiger charge is -2.29. The maximum atomic E-state index is 11.8. The Bertz CT molecular complexity index is 232. The second-order valence-electron chi connectivity index (χ2n) is 5.50. The molecule has 0 heterocycles. The van der Waals surface area contributed by atoms with Gasteiger partial charge in [-0.15, -0.1) is 0 Å². The molecule has 3 heteroatoms.